The minimum Gasteiger partial charge on any atom is -0.321 e. The van der Waals surface area contributed by atoms with Gasteiger partial charge in [0.2, 0.25) is 0 Å². The fourth-order valence-electron chi connectivity index (χ4n) is 7.51. The van der Waals surface area contributed by atoms with Crippen LogP contribution < -0.4 is 10.6 Å². The molecule has 2 heterocycles. The molecule has 5 nitrogen and oxygen atoms in total. The predicted octanol–water partition coefficient (Wildman–Crippen LogP) is 7.98. The molecule has 0 bridgehead atoms. The van der Waals surface area contributed by atoms with E-state index in [-0.39, 0.29) is 34.2 Å². The molecule has 0 saturated carbocycles. The highest BCUT2D eigenvalue weighted by molar-refractivity contribution is 5.75. The molecule has 2 saturated heterocycles. The summed E-state index contributed by atoms with van der Waals surface area (Å²) in [6.45, 7) is 29.8. The van der Waals surface area contributed by atoms with E-state index in [9.17, 15) is 4.79 Å². The lowest BCUT2D eigenvalue weighted by Gasteiger charge is -2.58. The van der Waals surface area contributed by atoms with Crippen LogP contribution in [0.4, 0.5) is 4.79 Å². The first-order chi connectivity index (χ1) is 17.7. The standard InChI is InChI=1S/C33H66N4O/c1-13-19-21-36(27-23-30(9,15-3)34-32(11,17-5)25(27)7)29(38)37(22-20-14-2)28-24-31(10,16-4)35-33(12,18-6)26(28)8/h25-28,34-35H,13-24H2,1-12H3. The normalized spacial score (nSPS) is 39.7. The van der Waals surface area contributed by atoms with Gasteiger partial charge in [0.25, 0.3) is 0 Å². The minimum atomic E-state index is 0.0241. The first-order valence-corrected chi connectivity index (χ1v) is 16.4. The van der Waals surface area contributed by atoms with Crippen molar-refractivity contribution in [1.29, 1.82) is 0 Å². The SMILES string of the molecule is CCCCN(C(=O)N(CCCC)C1CC(C)(CC)NC(C)(CC)C1C)C1CC(C)(CC)NC(C)(CC)C1C. The Bertz CT molecular complexity index is 699. The van der Waals surface area contributed by atoms with Gasteiger partial charge in [-0.25, -0.2) is 4.79 Å². The highest BCUT2D eigenvalue weighted by atomic mass is 16.2. The van der Waals surface area contributed by atoms with Crippen LogP contribution in [-0.2, 0) is 0 Å². The molecule has 2 N–H and O–H groups in total. The predicted molar refractivity (Wildman–Crippen MR) is 165 cm³/mol. The van der Waals surface area contributed by atoms with E-state index in [4.69, 9.17) is 0 Å². The van der Waals surface area contributed by atoms with Crippen LogP contribution in [0, 0.1) is 11.8 Å². The summed E-state index contributed by atoms with van der Waals surface area (Å²) in [6.07, 6.45) is 10.7. The van der Waals surface area contributed by atoms with Crippen LogP contribution >= 0.6 is 0 Å². The average Bonchev–Trinajstić information content (AvgIpc) is 2.89. The molecular formula is C33H66N4O. The summed E-state index contributed by atoms with van der Waals surface area (Å²) in [5.74, 6) is 0.793. The summed E-state index contributed by atoms with van der Waals surface area (Å²) in [5, 5.41) is 8.09. The molecule has 0 spiro atoms. The van der Waals surface area contributed by atoms with Crippen LogP contribution in [0.1, 0.15) is 147 Å². The molecule has 2 rings (SSSR count). The van der Waals surface area contributed by atoms with Crippen LogP contribution in [0.2, 0.25) is 0 Å². The maximum absolute atomic E-state index is 15.0. The Labute approximate surface area is 237 Å². The molecule has 8 unspecified atom stereocenters. The maximum Gasteiger partial charge on any atom is 0.320 e. The average molecular weight is 535 g/mol. The molecule has 0 aromatic heterocycles. The fourth-order valence-corrected chi connectivity index (χ4v) is 7.51. The number of hydrogen-bond acceptors (Lipinski definition) is 3. The Morgan fingerprint density at radius 3 is 1.26 bits per heavy atom. The molecule has 0 radical (unpaired) electrons. The van der Waals surface area contributed by atoms with Gasteiger partial charge in [0, 0.05) is 47.3 Å². The Kier molecular flexibility index (Phi) is 11.6. The van der Waals surface area contributed by atoms with Gasteiger partial charge in [-0.2, -0.15) is 0 Å². The minimum absolute atomic E-state index is 0.0241. The lowest BCUT2D eigenvalue weighted by molar-refractivity contribution is -0.0167. The van der Waals surface area contributed by atoms with Gasteiger partial charge in [0.05, 0.1) is 0 Å². The number of carbonyl (C=O) groups is 1. The quantitative estimate of drug-likeness (QED) is 0.267. The van der Waals surface area contributed by atoms with E-state index in [2.05, 4.69) is 104 Å². The number of unbranched alkanes of at least 4 members (excludes halogenated alkanes) is 2. The molecule has 5 heteroatoms. The number of rotatable bonds is 12. The van der Waals surface area contributed by atoms with Gasteiger partial charge in [-0.05, 0) is 90.9 Å². The van der Waals surface area contributed by atoms with Crippen molar-refractivity contribution in [3.63, 3.8) is 0 Å². The summed E-state index contributed by atoms with van der Waals surface area (Å²) in [6, 6.07) is 0.807. The van der Waals surface area contributed by atoms with Crippen molar-refractivity contribution in [3.8, 4) is 0 Å². The first-order valence-electron chi connectivity index (χ1n) is 16.4. The van der Waals surface area contributed by atoms with Crippen LogP contribution in [0.25, 0.3) is 0 Å². The molecular weight excluding hydrogens is 468 g/mol. The van der Waals surface area contributed by atoms with Crippen molar-refractivity contribution in [3.05, 3.63) is 0 Å². The number of piperidine rings is 2. The topological polar surface area (TPSA) is 47.6 Å². The molecule has 2 amide bonds. The summed E-state index contributed by atoms with van der Waals surface area (Å²) < 4.78 is 0. The van der Waals surface area contributed by atoms with Crippen molar-refractivity contribution in [2.24, 2.45) is 11.8 Å². The van der Waals surface area contributed by atoms with Crippen molar-refractivity contribution < 1.29 is 4.79 Å². The summed E-state index contributed by atoms with van der Waals surface area (Å²) in [4.78, 5) is 19.7. The van der Waals surface area contributed by atoms with Gasteiger partial charge in [-0.1, -0.05) is 68.2 Å². The van der Waals surface area contributed by atoms with Gasteiger partial charge in [-0.15, -0.1) is 0 Å². The van der Waals surface area contributed by atoms with Crippen LogP contribution in [0.5, 0.6) is 0 Å². The zero-order valence-electron chi connectivity index (χ0n) is 27.6. The van der Waals surface area contributed by atoms with E-state index in [1.807, 2.05) is 0 Å². The van der Waals surface area contributed by atoms with Gasteiger partial charge in [-0.3, -0.25) is 0 Å². The van der Waals surface area contributed by atoms with E-state index in [1.54, 1.807) is 0 Å². The molecule has 0 aromatic rings. The maximum atomic E-state index is 15.0. The third-order valence-corrected chi connectivity index (χ3v) is 11.5. The Balaban J connectivity index is 2.57. The second kappa shape index (κ2) is 13.2. The Morgan fingerprint density at radius 1 is 0.658 bits per heavy atom. The molecule has 0 aliphatic carbocycles. The molecule has 38 heavy (non-hydrogen) atoms. The molecule has 2 aliphatic rings. The van der Waals surface area contributed by atoms with Gasteiger partial charge >= 0.3 is 6.03 Å². The van der Waals surface area contributed by atoms with Crippen LogP contribution in [-0.4, -0.2) is 63.2 Å². The van der Waals surface area contributed by atoms with Crippen molar-refractivity contribution in [2.75, 3.05) is 13.1 Å². The highest BCUT2D eigenvalue weighted by Crippen LogP contribution is 2.43. The molecule has 2 aliphatic heterocycles. The Morgan fingerprint density at radius 2 is 1.00 bits per heavy atom. The van der Waals surface area contributed by atoms with Gasteiger partial charge in [0.1, 0.15) is 0 Å². The van der Waals surface area contributed by atoms with E-state index in [0.29, 0.717) is 17.9 Å². The van der Waals surface area contributed by atoms with Crippen LogP contribution in [0.15, 0.2) is 0 Å². The lowest BCUT2D eigenvalue weighted by atomic mass is 9.68. The Hall–Kier alpha value is -0.810. The molecule has 224 valence electrons. The van der Waals surface area contributed by atoms with Crippen LogP contribution in [0.3, 0.4) is 0 Å². The lowest BCUT2D eigenvalue weighted by Crippen LogP contribution is -2.72. The second-order valence-corrected chi connectivity index (χ2v) is 14.1. The molecule has 2 fully saturated rings. The second-order valence-electron chi connectivity index (χ2n) is 14.1. The van der Waals surface area contributed by atoms with Crippen molar-refractivity contribution in [1.82, 2.24) is 20.4 Å². The molecule has 8 atom stereocenters. The summed E-state index contributed by atoms with van der Waals surface area (Å²) in [7, 11) is 0. The monoisotopic (exact) mass is 535 g/mol. The third kappa shape index (κ3) is 6.90. The van der Waals surface area contributed by atoms with E-state index in [0.717, 1.165) is 77.3 Å². The first kappa shape index (κ1) is 33.4. The molecule has 0 aromatic carbocycles. The zero-order valence-corrected chi connectivity index (χ0v) is 27.6. The zero-order chi connectivity index (χ0) is 28.9. The largest absolute Gasteiger partial charge is 0.321 e. The number of nitrogens with zero attached hydrogens (tertiary/aromatic N) is 2. The number of carbonyl (C=O) groups excluding carboxylic acids is 1. The van der Waals surface area contributed by atoms with Crippen molar-refractivity contribution in [2.45, 2.75) is 182 Å². The van der Waals surface area contributed by atoms with E-state index < -0.39 is 0 Å². The summed E-state index contributed by atoms with van der Waals surface area (Å²) >= 11 is 0. The fraction of sp³-hybridized carbons (Fsp3) is 0.970. The van der Waals surface area contributed by atoms with E-state index in [1.165, 1.54) is 0 Å². The number of nitrogens with one attached hydrogen (secondary N) is 2. The number of urea groups is 1. The van der Waals surface area contributed by atoms with Crippen molar-refractivity contribution >= 4 is 6.03 Å². The number of amides is 2. The smallest absolute Gasteiger partial charge is 0.320 e. The van der Waals surface area contributed by atoms with Gasteiger partial charge in [0.15, 0.2) is 0 Å². The summed E-state index contributed by atoms with van der Waals surface area (Å²) in [5.41, 5.74) is 0.141. The van der Waals surface area contributed by atoms with E-state index >= 15 is 0 Å². The number of hydrogen-bond donors (Lipinski definition) is 2. The highest BCUT2D eigenvalue weighted by Gasteiger charge is 2.52. The van der Waals surface area contributed by atoms with Gasteiger partial charge < -0.3 is 20.4 Å². The third-order valence-electron chi connectivity index (χ3n) is 11.5.